The molecule has 3 rings (SSSR count). The fourth-order valence-electron chi connectivity index (χ4n) is 3.07. The molecule has 31 heavy (non-hydrogen) atoms. The molecule has 2 aromatic heterocycles. The highest BCUT2D eigenvalue weighted by atomic mass is 32.2. The van der Waals surface area contributed by atoms with Crippen LogP contribution in [0.5, 0.6) is 0 Å². The number of hydrogen-bond acceptors (Lipinski definition) is 6. The van der Waals surface area contributed by atoms with Gasteiger partial charge in [-0.2, -0.15) is 13.2 Å². The molecular formula is C18H20F3N3O6S. The molecule has 2 atom stereocenters. The average molecular weight is 463 g/mol. The standard InChI is InChI=1S/C16H19N3O4S.C2HF3O2/c1-24(21,22)18-13-6-8-19(16(20)15-5-3-9-23-15)14(13)10-12-4-2-7-17-11-12;3-2(4,5)1(6)7/h2-5,7,9,11,13-14,18H,6,8,10H2,1H3;(H,6,7)/t13-,14+;/m1./s1. The van der Waals surface area contributed by atoms with E-state index in [0.29, 0.717) is 19.4 Å². The Kier molecular flexibility index (Phi) is 7.79. The first-order valence-electron chi connectivity index (χ1n) is 8.89. The third-order valence-electron chi connectivity index (χ3n) is 4.31. The Morgan fingerprint density at radius 2 is 2.00 bits per heavy atom. The number of hydrogen-bond donors (Lipinski definition) is 2. The summed E-state index contributed by atoms with van der Waals surface area (Å²) < 4.78 is 62.9. The number of nitrogens with zero attached hydrogens (tertiary/aromatic N) is 2. The zero-order valence-corrected chi connectivity index (χ0v) is 17.1. The highest BCUT2D eigenvalue weighted by Crippen LogP contribution is 2.24. The molecule has 1 saturated heterocycles. The van der Waals surface area contributed by atoms with Crippen LogP contribution < -0.4 is 4.72 Å². The molecule has 1 fully saturated rings. The molecule has 0 saturated carbocycles. The molecule has 0 bridgehead atoms. The Bertz CT molecular complexity index is 981. The Hall–Kier alpha value is -2.93. The number of sulfonamides is 1. The fourth-order valence-corrected chi connectivity index (χ4v) is 3.90. The summed E-state index contributed by atoms with van der Waals surface area (Å²) in [5.74, 6) is -2.73. The maximum absolute atomic E-state index is 12.7. The van der Waals surface area contributed by atoms with Crippen molar-refractivity contribution in [3.05, 3.63) is 54.2 Å². The van der Waals surface area contributed by atoms with Crippen LogP contribution >= 0.6 is 0 Å². The van der Waals surface area contributed by atoms with Crippen LogP contribution in [0, 0.1) is 0 Å². The number of aliphatic carboxylic acids is 1. The lowest BCUT2D eigenvalue weighted by molar-refractivity contribution is -0.192. The Labute approximate surface area is 175 Å². The number of amides is 1. The van der Waals surface area contributed by atoms with Crippen molar-refractivity contribution in [1.82, 2.24) is 14.6 Å². The van der Waals surface area contributed by atoms with Crippen LogP contribution in [0.15, 0.2) is 47.3 Å². The van der Waals surface area contributed by atoms with E-state index in [0.717, 1.165) is 11.8 Å². The number of rotatable bonds is 5. The molecule has 1 amide bonds. The number of carboxylic acid groups (broad SMARTS) is 1. The summed E-state index contributed by atoms with van der Waals surface area (Å²) in [5, 5.41) is 7.12. The van der Waals surface area contributed by atoms with Crippen LogP contribution in [-0.4, -0.2) is 66.3 Å². The van der Waals surface area contributed by atoms with Gasteiger partial charge in [-0.25, -0.2) is 17.9 Å². The number of nitrogens with one attached hydrogen (secondary N) is 1. The Morgan fingerprint density at radius 3 is 2.48 bits per heavy atom. The SMILES string of the molecule is CS(=O)(=O)N[C@@H]1CCN(C(=O)c2ccco2)[C@H]1Cc1cccnc1.O=C(O)C(F)(F)F. The fraction of sp³-hybridized carbons (Fsp3) is 0.389. The summed E-state index contributed by atoms with van der Waals surface area (Å²) in [6, 6.07) is 6.38. The largest absolute Gasteiger partial charge is 0.490 e. The number of halogens is 3. The van der Waals surface area contributed by atoms with E-state index in [1.54, 1.807) is 29.4 Å². The first-order valence-corrected chi connectivity index (χ1v) is 10.8. The topological polar surface area (TPSA) is 130 Å². The lowest BCUT2D eigenvalue weighted by atomic mass is 10.0. The van der Waals surface area contributed by atoms with Crippen molar-refractivity contribution in [2.75, 3.05) is 12.8 Å². The zero-order valence-electron chi connectivity index (χ0n) is 16.2. The van der Waals surface area contributed by atoms with Gasteiger partial charge in [-0.3, -0.25) is 9.78 Å². The van der Waals surface area contributed by atoms with Gasteiger partial charge < -0.3 is 14.4 Å². The average Bonchev–Trinajstić information content (AvgIpc) is 3.32. The monoisotopic (exact) mass is 463 g/mol. The Balaban J connectivity index is 0.000000423. The second-order valence-electron chi connectivity index (χ2n) is 6.70. The predicted molar refractivity (Wildman–Crippen MR) is 102 cm³/mol. The summed E-state index contributed by atoms with van der Waals surface area (Å²) in [5.41, 5.74) is 0.946. The van der Waals surface area contributed by atoms with Crippen LogP contribution in [0.25, 0.3) is 0 Å². The van der Waals surface area contributed by atoms with E-state index in [-0.39, 0.29) is 23.8 Å². The zero-order chi connectivity index (χ0) is 23.2. The van der Waals surface area contributed by atoms with Gasteiger partial charge in [0.1, 0.15) is 0 Å². The third kappa shape index (κ3) is 7.36. The van der Waals surface area contributed by atoms with E-state index in [2.05, 4.69) is 9.71 Å². The van der Waals surface area contributed by atoms with Crippen molar-refractivity contribution in [1.29, 1.82) is 0 Å². The maximum atomic E-state index is 12.7. The van der Waals surface area contributed by atoms with Gasteiger partial charge in [-0.1, -0.05) is 6.07 Å². The van der Waals surface area contributed by atoms with Gasteiger partial charge in [0.2, 0.25) is 10.0 Å². The minimum Gasteiger partial charge on any atom is -0.475 e. The molecule has 1 aliphatic heterocycles. The number of likely N-dealkylation sites (tertiary alicyclic amines) is 1. The molecule has 3 heterocycles. The van der Waals surface area contributed by atoms with Gasteiger partial charge in [-0.05, 0) is 36.6 Å². The van der Waals surface area contributed by atoms with Crippen molar-refractivity contribution >= 4 is 21.9 Å². The molecular weight excluding hydrogens is 443 g/mol. The number of carbonyl (C=O) groups is 2. The lowest BCUT2D eigenvalue weighted by Crippen LogP contribution is -2.47. The molecule has 0 spiro atoms. The highest BCUT2D eigenvalue weighted by molar-refractivity contribution is 7.88. The normalized spacial score (nSPS) is 18.9. The molecule has 0 aliphatic carbocycles. The van der Waals surface area contributed by atoms with Crippen LogP contribution in [0.1, 0.15) is 22.5 Å². The van der Waals surface area contributed by atoms with Gasteiger partial charge in [0.15, 0.2) is 5.76 Å². The maximum Gasteiger partial charge on any atom is 0.490 e. The van der Waals surface area contributed by atoms with Crippen molar-refractivity contribution in [3.8, 4) is 0 Å². The quantitative estimate of drug-likeness (QED) is 0.690. The minimum atomic E-state index is -5.08. The summed E-state index contributed by atoms with van der Waals surface area (Å²) in [6.07, 6.45) is 1.98. The van der Waals surface area contributed by atoms with Gasteiger partial charge in [0.25, 0.3) is 5.91 Å². The second-order valence-corrected chi connectivity index (χ2v) is 8.48. The molecule has 0 unspecified atom stereocenters. The summed E-state index contributed by atoms with van der Waals surface area (Å²) in [4.78, 5) is 27.3. The molecule has 13 heteroatoms. The predicted octanol–water partition coefficient (Wildman–Crippen LogP) is 1.68. The third-order valence-corrected chi connectivity index (χ3v) is 5.05. The van der Waals surface area contributed by atoms with E-state index in [1.165, 1.54) is 6.26 Å². The van der Waals surface area contributed by atoms with Crippen LogP contribution in [0.4, 0.5) is 13.2 Å². The van der Waals surface area contributed by atoms with E-state index in [9.17, 15) is 26.4 Å². The molecule has 1 aliphatic rings. The summed E-state index contributed by atoms with van der Waals surface area (Å²) in [6.45, 7) is 0.470. The summed E-state index contributed by atoms with van der Waals surface area (Å²) in [7, 11) is -3.36. The van der Waals surface area contributed by atoms with E-state index in [1.807, 2.05) is 12.1 Å². The van der Waals surface area contributed by atoms with Crippen molar-refractivity contribution in [2.24, 2.45) is 0 Å². The number of furan rings is 1. The van der Waals surface area contributed by atoms with Crippen molar-refractivity contribution in [3.63, 3.8) is 0 Å². The molecule has 2 aromatic rings. The van der Waals surface area contributed by atoms with Gasteiger partial charge >= 0.3 is 12.1 Å². The van der Waals surface area contributed by atoms with E-state index >= 15 is 0 Å². The van der Waals surface area contributed by atoms with Crippen molar-refractivity contribution < 1.29 is 40.7 Å². The van der Waals surface area contributed by atoms with Gasteiger partial charge in [-0.15, -0.1) is 0 Å². The minimum absolute atomic E-state index is 0.230. The van der Waals surface area contributed by atoms with Crippen LogP contribution in [-0.2, 0) is 21.2 Å². The van der Waals surface area contributed by atoms with Crippen molar-refractivity contribution in [2.45, 2.75) is 31.1 Å². The molecule has 2 N–H and O–H groups in total. The smallest absolute Gasteiger partial charge is 0.475 e. The first kappa shape index (κ1) is 24.3. The molecule has 9 nitrogen and oxygen atoms in total. The van der Waals surface area contributed by atoms with Gasteiger partial charge in [0.05, 0.1) is 18.6 Å². The second kappa shape index (κ2) is 9.92. The van der Waals surface area contributed by atoms with E-state index < -0.39 is 22.2 Å². The van der Waals surface area contributed by atoms with Gasteiger partial charge in [0, 0.05) is 25.0 Å². The lowest BCUT2D eigenvalue weighted by Gasteiger charge is -2.28. The number of pyridine rings is 1. The molecule has 0 aromatic carbocycles. The summed E-state index contributed by atoms with van der Waals surface area (Å²) >= 11 is 0. The first-order chi connectivity index (χ1) is 14.4. The van der Waals surface area contributed by atoms with Crippen LogP contribution in [0.2, 0.25) is 0 Å². The number of carbonyl (C=O) groups excluding carboxylic acids is 1. The Morgan fingerprint density at radius 1 is 1.32 bits per heavy atom. The van der Waals surface area contributed by atoms with Crippen LogP contribution in [0.3, 0.4) is 0 Å². The number of carboxylic acids is 1. The number of alkyl halides is 3. The highest BCUT2D eigenvalue weighted by Gasteiger charge is 2.39. The molecule has 170 valence electrons. The molecule has 0 radical (unpaired) electrons. The number of aromatic nitrogens is 1. The van der Waals surface area contributed by atoms with E-state index in [4.69, 9.17) is 14.3 Å².